The second-order valence-electron chi connectivity index (χ2n) is 5.33. The number of aryl methyl sites for hydroxylation is 1. The van der Waals surface area contributed by atoms with Gasteiger partial charge in [-0.2, -0.15) is 5.26 Å². The van der Waals surface area contributed by atoms with Gasteiger partial charge in [0, 0.05) is 18.2 Å². The lowest BCUT2D eigenvalue weighted by molar-refractivity contribution is 0.514. The van der Waals surface area contributed by atoms with E-state index in [-0.39, 0.29) is 6.04 Å². The molecule has 0 unspecified atom stereocenters. The summed E-state index contributed by atoms with van der Waals surface area (Å²) in [4.78, 5) is 0. The zero-order valence-electron chi connectivity index (χ0n) is 12.4. The maximum absolute atomic E-state index is 9.28. The van der Waals surface area contributed by atoms with Crippen LogP contribution in [0.15, 0.2) is 30.3 Å². The highest BCUT2D eigenvalue weighted by Crippen LogP contribution is 2.27. The average Bonchev–Trinajstić information content (AvgIpc) is 2.77. The Balaban J connectivity index is 2.43. The van der Waals surface area contributed by atoms with Crippen LogP contribution in [0, 0.1) is 18.3 Å². The number of nitrogen functional groups attached to an aromatic ring is 1. The number of rotatable bonds is 4. The largest absolute Gasteiger partial charge is 0.397 e. The molecule has 0 saturated carbocycles. The Morgan fingerprint density at radius 2 is 1.95 bits per heavy atom. The van der Waals surface area contributed by atoms with Gasteiger partial charge in [-0.3, -0.25) is 0 Å². The first-order valence-electron chi connectivity index (χ1n) is 7.02. The lowest BCUT2D eigenvalue weighted by atomic mass is 10.1. The Labute approximate surface area is 120 Å². The maximum atomic E-state index is 9.28. The summed E-state index contributed by atoms with van der Waals surface area (Å²) in [6, 6.07) is 12.8. The molecule has 0 amide bonds. The van der Waals surface area contributed by atoms with Gasteiger partial charge in [0.15, 0.2) is 0 Å². The smallest absolute Gasteiger partial charge is 0.122 e. The highest BCUT2D eigenvalue weighted by Gasteiger charge is 2.17. The van der Waals surface area contributed by atoms with E-state index < -0.39 is 0 Å². The van der Waals surface area contributed by atoms with E-state index in [2.05, 4.69) is 55.7 Å². The van der Waals surface area contributed by atoms with Crippen LogP contribution in [0.2, 0.25) is 0 Å². The van der Waals surface area contributed by atoms with Gasteiger partial charge >= 0.3 is 0 Å². The van der Waals surface area contributed by atoms with Gasteiger partial charge in [0.25, 0.3) is 0 Å². The highest BCUT2D eigenvalue weighted by atomic mass is 15.0. The first-order valence-corrected chi connectivity index (χ1v) is 7.02. The number of nitrogens with zero attached hydrogens (tertiary/aromatic N) is 2. The fourth-order valence-corrected chi connectivity index (χ4v) is 2.44. The number of hydrogen-bond acceptors (Lipinski definition) is 2. The zero-order chi connectivity index (χ0) is 14.7. The summed E-state index contributed by atoms with van der Waals surface area (Å²) in [5.41, 5.74) is 11.0. The Morgan fingerprint density at radius 1 is 1.30 bits per heavy atom. The molecule has 3 heteroatoms. The molecule has 0 spiro atoms. The summed E-state index contributed by atoms with van der Waals surface area (Å²) in [6.45, 7) is 6.32. The van der Waals surface area contributed by atoms with Crippen LogP contribution in [-0.2, 0) is 6.42 Å². The molecule has 0 aliphatic carbocycles. The Hall–Kier alpha value is -2.21. The summed E-state index contributed by atoms with van der Waals surface area (Å²) in [5.74, 6) is 0. The van der Waals surface area contributed by atoms with E-state index in [4.69, 9.17) is 5.73 Å². The molecule has 20 heavy (non-hydrogen) atoms. The Morgan fingerprint density at radius 3 is 2.50 bits per heavy atom. The van der Waals surface area contributed by atoms with Crippen LogP contribution >= 0.6 is 0 Å². The number of nitriles is 1. The molecule has 1 atom stereocenters. The zero-order valence-corrected chi connectivity index (χ0v) is 12.4. The van der Waals surface area contributed by atoms with Crippen LogP contribution in [-0.4, -0.2) is 4.57 Å². The minimum Gasteiger partial charge on any atom is -0.397 e. The molecule has 0 fully saturated rings. The molecular formula is C17H21N3. The van der Waals surface area contributed by atoms with Gasteiger partial charge in [-0.05, 0) is 31.9 Å². The van der Waals surface area contributed by atoms with Gasteiger partial charge < -0.3 is 10.3 Å². The van der Waals surface area contributed by atoms with Crippen LogP contribution in [0.5, 0.6) is 0 Å². The standard InChI is InChI=1S/C17H21N3/c1-4-13(3)20-15(11-18)10-16(19)17(20)9-14-7-5-12(2)6-8-14/h5-8,10,13H,4,9,19H2,1-3H3/t13-/m1/s1. The summed E-state index contributed by atoms with van der Waals surface area (Å²) in [6.07, 6.45) is 1.74. The predicted molar refractivity (Wildman–Crippen MR) is 82.5 cm³/mol. The fraction of sp³-hybridized carbons (Fsp3) is 0.353. The molecule has 1 aromatic carbocycles. The van der Waals surface area contributed by atoms with E-state index in [9.17, 15) is 5.26 Å². The number of hydrogen-bond donors (Lipinski definition) is 1. The monoisotopic (exact) mass is 267 g/mol. The molecule has 0 saturated heterocycles. The predicted octanol–water partition coefficient (Wildman–Crippen LogP) is 3.81. The van der Waals surface area contributed by atoms with Gasteiger partial charge in [0.1, 0.15) is 11.8 Å². The maximum Gasteiger partial charge on any atom is 0.122 e. The Kier molecular flexibility index (Phi) is 4.14. The lowest BCUT2D eigenvalue weighted by Gasteiger charge is -2.17. The number of anilines is 1. The summed E-state index contributed by atoms with van der Waals surface area (Å²) < 4.78 is 2.08. The van der Waals surface area contributed by atoms with Crippen LogP contribution in [0.25, 0.3) is 0 Å². The van der Waals surface area contributed by atoms with Crippen molar-refractivity contribution in [2.75, 3.05) is 5.73 Å². The average molecular weight is 267 g/mol. The molecule has 2 N–H and O–H groups in total. The minimum absolute atomic E-state index is 0.280. The van der Waals surface area contributed by atoms with Gasteiger partial charge in [-0.15, -0.1) is 0 Å². The van der Waals surface area contributed by atoms with Crippen LogP contribution in [0.4, 0.5) is 5.69 Å². The van der Waals surface area contributed by atoms with Gasteiger partial charge in [-0.25, -0.2) is 0 Å². The summed E-state index contributed by atoms with van der Waals surface area (Å²) in [7, 11) is 0. The molecule has 0 aliphatic heterocycles. The SMILES string of the molecule is CC[C@@H](C)n1c(C#N)cc(N)c1Cc1ccc(C)cc1. The van der Waals surface area contributed by atoms with Crippen molar-refractivity contribution in [2.45, 2.75) is 39.7 Å². The quantitative estimate of drug-likeness (QED) is 0.915. The van der Waals surface area contributed by atoms with Crippen molar-refractivity contribution >= 4 is 5.69 Å². The van der Waals surface area contributed by atoms with Crippen molar-refractivity contribution < 1.29 is 0 Å². The molecule has 0 bridgehead atoms. The lowest BCUT2D eigenvalue weighted by Crippen LogP contribution is -2.11. The first-order chi connectivity index (χ1) is 9.56. The van der Waals surface area contributed by atoms with Gasteiger partial charge in [0.2, 0.25) is 0 Å². The van der Waals surface area contributed by atoms with E-state index in [1.807, 2.05) is 0 Å². The number of aromatic nitrogens is 1. The molecule has 0 aliphatic rings. The van der Waals surface area contributed by atoms with Gasteiger partial charge in [-0.1, -0.05) is 36.8 Å². The summed E-state index contributed by atoms with van der Waals surface area (Å²) >= 11 is 0. The van der Waals surface area contributed by atoms with Crippen molar-refractivity contribution in [3.8, 4) is 6.07 Å². The molecule has 2 aromatic rings. The number of benzene rings is 1. The molecule has 1 aromatic heterocycles. The van der Waals surface area contributed by atoms with Crippen LogP contribution in [0.3, 0.4) is 0 Å². The summed E-state index contributed by atoms with van der Waals surface area (Å²) in [5, 5.41) is 9.28. The van der Waals surface area contributed by atoms with E-state index in [0.717, 1.165) is 18.5 Å². The van der Waals surface area contributed by atoms with E-state index >= 15 is 0 Å². The fourth-order valence-electron chi connectivity index (χ4n) is 2.44. The van der Waals surface area contributed by atoms with E-state index in [1.165, 1.54) is 11.1 Å². The second kappa shape index (κ2) is 5.83. The second-order valence-corrected chi connectivity index (χ2v) is 5.33. The van der Waals surface area contributed by atoms with Gasteiger partial charge in [0.05, 0.1) is 5.69 Å². The van der Waals surface area contributed by atoms with Crippen LogP contribution < -0.4 is 5.73 Å². The van der Waals surface area contributed by atoms with E-state index in [0.29, 0.717) is 11.4 Å². The normalized spacial score (nSPS) is 12.1. The third kappa shape index (κ3) is 2.70. The minimum atomic E-state index is 0.280. The molecule has 0 radical (unpaired) electrons. The third-order valence-electron chi connectivity index (χ3n) is 3.81. The van der Waals surface area contributed by atoms with E-state index in [1.54, 1.807) is 6.07 Å². The van der Waals surface area contributed by atoms with Crippen molar-refractivity contribution in [1.29, 1.82) is 5.26 Å². The molecule has 3 nitrogen and oxygen atoms in total. The third-order valence-corrected chi connectivity index (χ3v) is 3.81. The van der Waals surface area contributed by atoms with Crippen molar-refractivity contribution in [1.82, 2.24) is 4.57 Å². The van der Waals surface area contributed by atoms with Crippen molar-refractivity contribution in [2.24, 2.45) is 0 Å². The molecule has 1 heterocycles. The highest BCUT2D eigenvalue weighted by molar-refractivity contribution is 5.52. The van der Waals surface area contributed by atoms with Crippen LogP contribution in [0.1, 0.15) is 48.8 Å². The molecule has 2 rings (SSSR count). The van der Waals surface area contributed by atoms with Crippen molar-refractivity contribution in [3.63, 3.8) is 0 Å². The molecule has 104 valence electrons. The topological polar surface area (TPSA) is 54.7 Å². The Bertz CT molecular complexity index is 629. The van der Waals surface area contributed by atoms with Crippen molar-refractivity contribution in [3.05, 3.63) is 52.8 Å². The molecular weight excluding hydrogens is 246 g/mol. The number of nitrogens with two attached hydrogens (primary N) is 1. The first kappa shape index (κ1) is 14.2.